The van der Waals surface area contributed by atoms with Crippen molar-refractivity contribution in [3.8, 4) is 0 Å². The number of nitrogens with zero attached hydrogens (tertiary/aromatic N) is 6. The Morgan fingerprint density at radius 2 is 2.03 bits per heavy atom. The van der Waals surface area contributed by atoms with Gasteiger partial charge in [0.25, 0.3) is 11.6 Å². The van der Waals surface area contributed by atoms with Crippen LogP contribution in [-0.4, -0.2) is 75.2 Å². The van der Waals surface area contributed by atoms with Gasteiger partial charge in [0.1, 0.15) is 11.5 Å². The summed E-state index contributed by atoms with van der Waals surface area (Å²) in [5.74, 6) is 1.04. The predicted octanol–water partition coefficient (Wildman–Crippen LogP) is 1.56. The smallest absolute Gasteiger partial charge is 0.290 e. The van der Waals surface area contributed by atoms with Gasteiger partial charge in [-0.05, 0) is 38.8 Å². The summed E-state index contributed by atoms with van der Waals surface area (Å²) < 4.78 is 1.95. The first-order chi connectivity index (χ1) is 14.4. The van der Waals surface area contributed by atoms with Gasteiger partial charge in [0.2, 0.25) is 0 Å². The number of piperazine rings is 1. The van der Waals surface area contributed by atoms with E-state index in [1.165, 1.54) is 6.07 Å². The Morgan fingerprint density at radius 3 is 2.73 bits per heavy atom. The lowest BCUT2D eigenvalue weighted by Gasteiger charge is -2.32. The summed E-state index contributed by atoms with van der Waals surface area (Å²) in [7, 11) is 2.07. The van der Waals surface area contributed by atoms with Crippen LogP contribution in [0, 0.1) is 23.0 Å². The van der Waals surface area contributed by atoms with Gasteiger partial charge in [0, 0.05) is 45.3 Å². The van der Waals surface area contributed by atoms with Gasteiger partial charge in [0.05, 0.1) is 22.4 Å². The van der Waals surface area contributed by atoms with E-state index in [9.17, 15) is 14.9 Å². The lowest BCUT2D eigenvalue weighted by atomic mass is 9.94. The van der Waals surface area contributed by atoms with E-state index in [-0.39, 0.29) is 11.6 Å². The molecule has 10 nitrogen and oxygen atoms in total. The number of hydrogen-bond donors (Lipinski definition) is 1. The fourth-order valence-corrected chi connectivity index (χ4v) is 4.13. The SMILES string of the molecule is Cc1nc(NC[C@@H]2CCn3ncc(C(=O)N4CCN(C)CC4)c3C2)ccc1[N+](=O)[O-]. The number of hydrogen-bond acceptors (Lipinski definition) is 7. The second kappa shape index (κ2) is 8.39. The molecule has 4 heterocycles. The summed E-state index contributed by atoms with van der Waals surface area (Å²) in [6, 6.07) is 3.12. The Labute approximate surface area is 175 Å². The summed E-state index contributed by atoms with van der Waals surface area (Å²) in [5, 5.41) is 18.7. The normalized spacial score (nSPS) is 19.4. The highest BCUT2D eigenvalue weighted by Crippen LogP contribution is 2.25. The van der Waals surface area contributed by atoms with Crippen LogP contribution in [0.3, 0.4) is 0 Å². The van der Waals surface area contributed by atoms with Gasteiger partial charge >= 0.3 is 0 Å². The maximum Gasteiger partial charge on any atom is 0.290 e. The van der Waals surface area contributed by atoms with Crippen LogP contribution >= 0.6 is 0 Å². The quantitative estimate of drug-likeness (QED) is 0.585. The van der Waals surface area contributed by atoms with Gasteiger partial charge < -0.3 is 15.1 Å². The van der Waals surface area contributed by atoms with Gasteiger partial charge in [0.15, 0.2) is 0 Å². The van der Waals surface area contributed by atoms with Gasteiger partial charge in [-0.1, -0.05) is 0 Å². The minimum absolute atomic E-state index is 0.0224. The van der Waals surface area contributed by atoms with Crippen molar-refractivity contribution in [2.75, 3.05) is 45.1 Å². The second-order valence-electron chi connectivity index (χ2n) is 8.12. The van der Waals surface area contributed by atoms with E-state index in [0.29, 0.717) is 29.5 Å². The van der Waals surface area contributed by atoms with E-state index in [4.69, 9.17) is 0 Å². The van der Waals surface area contributed by atoms with Crippen molar-refractivity contribution in [2.24, 2.45) is 5.92 Å². The molecule has 160 valence electrons. The molecule has 0 aliphatic carbocycles. The number of rotatable bonds is 5. The number of nitro groups is 1. The van der Waals surface area contributed by atoms with Crippen molar-refractivity contribution >= 4 is 17.4 Å². The number of aromatic nitrogens is 3. The van der Waals surface area contributed by atoms with E-state index in [2.05, 4.69) is 27.3 Å². The zero-order valence-corrected chi connectivity index (χ0v) is 17.4. The minimum Gasteiger partial charge on any atom is -0.370 e. The molecular weight excluding hydrogens is 386 g/mol. The van der Waals surface area contributed by atoms with Gasteiger partial charge in [-0.2, -0.15) is 5.10 Å². The molecule has 0 saturated carbocycles. The molecule has 1 atom stereocenters. The third kappa shape index (κ3) is 4.13. The molecule has 0 unspecified atom stereocenters. The van der Waals surface area contributed by atoms with Crippen LogP contribution in [0.4, 0.5) is 11.5 Å². The van der Waals surface area contributed by atoms with Crippen molar-refractivity contribution in [1.29, 1.82) is 0 Å². The van der Waals surface area contributed by atoms with Crippen molar-refractivity contribution in [3.63, 3.8) is 0 Å². The third-order valence-corrected chi connectivity index (χ3v) is 6.03. The van der Waals surface area contributed by atoms with Crippen molar-refractivity contribution < 1.29 is 9.72 Å². The van der Waals surface area contributed by atoms with Crippen LogP contribution in [0.25, 0.3) is 0 Å². The number of carbonyl (C=O) groups excluding carboxylic acids is 1. The Bertz CT molecular complexity index is 950. The summed E-state index contributed by atoms with van der Waals surface area (Å²) in [4.78, 5) is 32.0. The van der Waals surface area contributed by atoms with Gasteiger partial charge in [-0.25, -0.2) is 4.98 Å². The van der Waals surface area contributed by atoms with Gasteiger partial charge in [-0.15, -0.1) is 0 Å². The molecule has 30 heavy (non-hydrogen) atoms. The molecule has 4 rings (SSSR count). The van der Waals surface area contributed by atoms with Crippen LogP contribution in [0.1, 0.15) is 28.2 Å². The Balaban J connectivity index is 1.40. The zero-order chi connectivity index (χ0) is 21.3. The molecule has 0 bridgehead atoms. The molecule has 1 N–H and O–H groups in total. The Hall–Kier alpha value is -3.01. The van der Waals surface area contributed by atoms with E-state index in [1.807, 2.05) is 9.58 Å². The van der Waals surface area contributed by atoms with Crippen LogP contribution in [-0.2, 0) is 13.0 Å². The van der Waals surface area contributed by atoms with Crippen LogP contribution in [0.15, 0.2) is 18.3 Å². The fourth-order valence-electron chi connectivity index (χ4n) is 4.13. The maximum absolute atomic E-state index is 13.0. The highest BCUT2D eigenvalue weighted by molar-refractivity contribution is 5.95. The van der Waals surface area contributed by atoms with Crippen LogP contribution in [0.5, 0.6) is 0 Å². The molecule has 1 saturated heterocycles. The largest absolute Gasteiger partial charge is 0.370 e. The topological polar surface area (TPSA) is 109 Å². The molecule has 10 heteroatoms. The van der Waals surface area contributed by atoms with Gasteiger partial charge in [-0.3, -0.25) is 19.6 Å². The predicted molar refractivity (Wildman–Crippen MR) is 112 cm³/mol. The molecule has 1 fully saturated rings. The average Bonchev–Trinajstić information content (AvgIpc) is 3.15. The summed E-state index contributed by atoms with van der Waals surface area (Å²) in [5.41, 5.74) is 2.14. The number of fused-ring (bicyclic) bond motifs is 1. The van der Waals surface area contributed by atoms with Crippen LogP contribution < -0.4 is 5.32 Å². The molecule has 2 aliphatic heterocycles. The number of amides is 1. The minimum atomic E-state index is -0.423. The van der Waals surface area contributed by atoms with Crippen LogP contribution in [0.2, 0.25) is 0 Å². The van der Waals surface area contributed by atoms with Crippen molar-refractivity contribution in [2.45, 2.75) is 26.3 Å². The summed E-state index contributed by atoms with van der Waals surface area (Å²) in [6.07, 6.45) is 3.44. The monoisotopic (exact) mass is 413 g/mol. The molecule has 2 aromatic rings. The fraction of sp³-hybridized carbons (Fsp3) is 0.550. The Morgan fingerprint density at radius 1 is 1.27 bits per heavy atom. The third-order valence-electron chi connectivity index (χ3n) is 6.03. The lowest BCUT2D eigenvalue weighted by Crippen LogP contribution is -2.47. The number of carbonyl (C=O) groups is 1. The standard InChI is InChI=1S/C20H27N7O3/c1-14-17(27(29)30)3-4-19(23-14)21-12-15-5-6-26-18(11-15)16(13-22-26)20(28)25-9-7-24(2)8-10-25/h3-4,13,15H,5-12H2,1-2H3,(H,21,23)/t15-/m1/s1. The zero-order valence-electron chi connectivity index (χ0n) is 17.4. The van der Waals surface area contributed by atoms with E-state index < -0.39 is 4.92 Å². The van der Waals surface area contributed by atoms with Crippen molar-refractivity contribution in [1.82, 2.24) is 24.6 Å². The number of pyridine rings is 1. The Kier molecular flexibility index (Phi) is 5.67. The van der Waals surface area contributed by atoms with E-state index in [0.717, 1.165) is 51.3 Å². The lowest BCUT2D eigenvalue weighted by molar-refractivity contribution is -0.385. The maximum atomic E-state index is 13.0. The van der Waals surface area contributed by atoms with Crippen molar-refractivity contribution in [3.05, 3.63) is 45.4 Å². The average molecular weight is 413 g/mol. The molecule has 0 radical (unpaired) electrons. The summed E-state index contributed by atoms with van der Waals surface area (Å²) >= 11 is 0. The highest BCUT2D eigenvalue weighted by atomic mass is 16.6. The molecule has 2 aromatic heterocycles. The highest BCUT2D eigenvalue weighted by Gasteiger charge is 2.29. The molecule has 0 aromatic carbocycles. The molecular formula is C20H27N7O3. The molecule has 1 amide bonds. The first-order valence-electron chi connectivity index (χ1n) is 10.3. The number of aryl methyl sites for hydroxylation is 2. The first kappa shape index (κ1) is 20.3. The molecule has 2 aliphatic rings. The molecule has 0 spiro atoms. The number of likely N-dealkylation sites (N-methyl/N-ethyl adjacent to an activating group) is 1. The number of anilines is 1. The second-order valence-corrected chi connectivity index (χ2v) is 8.12. The van der Waals surface area contributed by atoms with E-state index >= 15 is 0 Å². The van der Waals surface area contributed by atoms with E-state index in [1.54, 1.807) is 19.2 Å². The summed E-state index contributed by atoms with van der Waals surface area (Å²) in [6.45, 7) is 6.39. The first-order valence-corrected chi connectivity index (χ1v) is 10.3. The number of nitrogens with one attached hydrogen (secondary N) is 1.